The zero-order chi connectivity index (χ0) is 20.6. The summed E-state index contributed by atoms with van der Waals surface area (Å²) in [5.74, 6) is 1.83. The van der Waals surface area contributed by atoms with E-state index in [0.717, 1.165) is 29.4 Å². The maximum atomic E-state index is 11.7. The number of anilines is 3. The van der Waals surface area contributed by atoms with Crippen LogP contribution in [-0.4, -0.2) is 36.9 Å². The minimum Gasteiger partial charge on any atom is -0.493 e. The number of hydrogen-bond donors (Lipinski definition) is 2. The Morgan fingerprint density at radius 2 is 1.69 bits per heavy atom. The number of benzene rings is 2. The summed E-state index contributed by atoms with van der Waals surface area (Å²) in [6.45, 7) is 2.46. The van der Waals surface area contributed by atoms with Crippen LogP contribution in [0.15, 0.2) is 42.7 Å². The number of fused-ring (bicyclic) bond motifs is 1. The van der Waals surface area contributed by atoms with Gasteiger partial charge >= 0.3 is 6.09 Å². The summed E-state index contributed by atoms with van der Waals surface area (Å²) in [6.07, 6.45) is 2.85. The largest absolute Gasteiger partial charge is 0.493 e. The molecule has 0 bridgehead atoms. The summed E-state index contributed by atoms with van der Waals surface area (Å²) in [6, 6.07) is 10.9. The van der Waals surface area contributed by atoms with E-state index >= 15 is 0 Å². The number of methoxy groups -OCH3 is 2. The zero-order valence-corrected chi connectivity index (χ0v) is 16.7. The summed E-state index contributed by atoms with van der Waals surface area (Å²) in [5.41, 5.74) is 2.19. The Balaban J connectivity index is 1.74. The molecular weight excluding hydrogens is 372 g/mol. The zero-order valence-electron chi connectivity index (χ0n) is 16.7. The Labute approximate surface area is 169 Å². The van der Waals surface area contributed by atoms with Gasteiger partial charge in [-0.1, -0.05) is 13.3 Å². The highest BCUT2D eigenvalue weighted by Crippen LogP contribution is 2.34. The number of hydrogen-bond acceptors (Lipinski definition) is 7. The smallest absolute Gasteiger partial charge is 0.411 e. The third-order valence-electron chi connectivity index (χ3n) is 4.27. The molecule has 0 saturated carbocycles. The minimum atomic E-state index is -0.456. The highest BCUT2D eigenvalue weighted by atomic mass is 16.5. The Bertz CT molecular complexity index is 976. The van der Waals surface area contributed by atoms with Crippen molar-refractivity contribution in [1.29, 1.82) is 0 Å². The highest BCUT2D eigenvalue weighted by molar-refractivity contribution is 5.93. The van der Waals surface area contributed by atoms with Gasteiger partial charge in [0.2, 0.25) is 0 Å². The number of ether oxygens (including phenoxy) is 3. The molecular formula is C21H24N4O4. The molecule has 0 atom stereocenters. The van der Waals surface area contributed by atoms with Crippen LogP contribution in [0.5, 0.6) is 11.5 Å². The van der Waals surface area contributed by atoms with E-state index in [1.807, 2.05) is 25.1 Å². The van der Waals surface area contributed by atoms with E-state index in [1.165, 1.54) is 6.33 Å². The van der Waals surface area contributed by atoms with E-state index in [1.54, 1.807) is 32.4 Å². The average molecular weight is 396 g/mol. The maximum Gasteiger partial charge on any atom is 0.411 e. The predicted molar refractivity (Wildman–Crippen MR) is 112 cm³/mol. The molecule has 0 aliphatic carbocycles. The van der Waals surface area contributed by atoms with Gasteiger partial charge in [-0.15, -0.1) is 0 Å². The summed E-state index contributed by atoms with van der Waals surface area (Å²) < 4.78 is 15.8. The monoisotopic (exact) mass is 396 g/mol. The fraction of sp³-hybridized carbons (Fsp3) is 0.286. The fourth-order valence-electron chi connectivity index (χ4n) is 2.72. The number of carbonyl (C=O) groups excluding carboxylic acids is 1. The van der Waals surface area contributed by atoms with Gasteiger partial charge in [-0.05, 0) is 36.8 Å². The maximum absolute atomic E-state index is 11.7. The van der Waals surface area contributed by atoms with Crippen LogP contribution in [0.25, 0.3) is 10.9 Å². The fourth-order valence-corrected chi connectivity index (χ4v) is 2.72. The molecule has 2 N–H and O–H groups in total. The second kappa shape index (κ2) is 9.59. The second-order valence-corrected chi connectivity index (χ2v) is 6.26. The summed E-state index contributed by atoms with van der Waals surface area (Å²) >= 11 is 0. The minimum absolute atomic E-state index is 0.414. The van der Waals surface area contributed by atoms with Crippen molar-refractivity contribution in [2.24, 2.45) is 0 Å². The first-order chi connectivity index (χ1) is 14.1. The molecule has 8 nitrogen and oxygen atoms in total. The number of nitrogens with zero attached hydrogens (tertiary/aromatic N) is 2. The third kappa shape index (κ3) is 5.04. The van der Waals surface area contributed by atoms with Crippen molar-refractivity contribution in [3.8, 4) is 11.5 Å². The quantitative estimate of drug-likeness (QED) is 0.531. The lowest BCUT2D eigenvalue weighted by Crippen LogP contribution is -2.14. The molecule has 1 aromatic heterocycles. The van der Waals surface area contributed by atoms with E-state index in [2.05, 4.69) is 20.6 Å². The predicted octanol–water partition coefficient (Wildman–Crippen LogP) is 4.74. The Morgan fingerprint density at radius 1 is 1.00 bits per heavy atom. The average Bonchev–Trinajstić information content (AvgIpc) is 2.74. The van der Waals surface area contributed by atoms with E-state index in [-0.39, 0.29) is 0 Å². The van der Waals surface area contributed by atoms with E-state index in [9.17, 15) is 4.79 Å². The molecule has 0 fully saturated rings. The Morgan fingerprint density at radius 3 is 2.38 bits per heavy atom. The molecule has 0 aliphatic heterocycles. The van der Waals surface area contributed by atoms with Crippen molar-refractivity contribution in [1.82, 2.24) is 9.97 Å². The van der Waals surface area contributed by atoms with Crippen LogP contribution in [0.2, 0.25) is 0 Å². The molecule has 0 aliphatic rings. The van der Waals surface area contributed by atoms with Crippen LogP contribution in [0.1, 0.15) is 19.8 Å². The third-order valence-corrected chi connectivity index (χ3v) is 4.27. The molecule has 152 valence electrons. The van der Waals surface area contributed by atoms with E-state index in [4.69, 9.17) is 14.2 Å². The first-order valence-corrected chi connectivity index (χ1v) is 9.32. The first-order valence-electron chi connectivity index (χ1n) is 9.32. The molecule has 3 rings (SSSR count). The van der Waals surface area contributed by atoms with Gasteiger partial charge in [0.05, 0.1) is 26.3 Å². The van der Waals surface area contributed by atoms with Gasteiger partial charge in [-0.3, -0.25) is 5.32 Å². The summed E-state index contributed by atoms with van der Waals surface area (Å²) in [4.78, 5) is 20.4. The first kappa shape index (κ1) is 20.2. The number of amides is 1. The molecule has 1 amide bonds. The normalized spacial score (nSPS) is 10.4. The van der Waals surface area contributed by atoms with Gasteiger partial charge in [0, 0.05) is 22.8 Å². The van der Waals surface area contributed by atoms with Gasteiger partial charge in [0.1, 0.15) is 12.1 Å². The van der Waals surface area contributed by atoms with Crippen LogP contribution in [0.4, 0.5) is 22.0 Å². The molecule has 8 heteroatoms. The van der Waals surface area contributed by atoms with E-state index < -0.39 is 6.09 Å². The van der Waals surface area contributed by atoms with E-state index in [0.29, 0.717) is 29.6 Å². The van der Waals surface area contributed by atoms with Crippen LogP contribution in [0, 0.1) is 0 Å². The molecule has 0 spiro atoms. The standard InChI is InChI=1S/C21H24N4O4/c1-4-5-10-29-21(26)25-15-8-6-14(7-9-15)24-20-16-11-18(27-2)19(28-3)12-17(16)22-13-23-20/h6-9,11-13H,4-5,10H2,1-3H3,(H,25,26)(H,22,23,24). The number of aromatic nitrogens is 2. The van der Waals surface area contributed by atoms with Crippen LogP contribution < -0.4 is 20.1 Å². The molecule has 3 aromatic rings. The van der Waals surface area contributed by atoms with Crippen molar-refractivity contribution >= 4 is 34.2 Å². The molecule has 2 aromatic carbocycles. The number of unbranched alkanes of at least 4 members (excludes halogenated alkanes) is 1. The highest BCUT2D eigenvalue weighted by Gasteiger charge is 2.11. The van der Waals surface area contributed by atoms with Crippen LogP contribution in [0.3, 0.4) is 0 Å². The number of rotatable bonds is 8. The molecule has 0 radical (unpaired) electrons. The lowest BCUT2D eigenvalue weighted by molar-refractivity contribution is 0.160. The van der Waals surface area contributed by atoms with Crippen molar-refractivity contribution in [3.05, 3.63) is 42.7 Å². The van der Waals surface area contributed by atoms with Gasteiger partial charge in [-0.2, -0.15) is 0 Å². The topological polar surface area (TPSA) is 94.6 Å². The summed E-state index contributed by atoms with van der Waals surface area (Å²) in [5, 5.41) is 6.77. The lowest BCUT2D eigenvalue weighted by Gasteiger charge is -2.12. The van der Waals surface area contributed by atoms with Crippen molar-refractivity contribution in [2.75, 3.05) is 31.5 Å². The van der Waals surface area contributed by atoms with Gasteiger partial charge in [0.25, 0.3) is 0 Å². The lowest BCUT2D eigenvalue weighted by atomic mass is 10.2. The van der Waals surface area contributed by atoms with Gasteiger partial charge < -0.3 is 19.5 Å². The van der Waals surface area contributed by atoms with Crippen molar-refractivity contribution in [2.45, 2.75) is 19.8 Å². The van der Waals surface area contributed by atoms with Gasteiger partial charge in [0.15, 0.2) is 11.5 Å². The number of carbonyl (C=O) groups is 1. The number of nitrogens with one attached hydrogen (secondary N) is 2. The molecule has 0 unspecified atom stereocenters. The van der Waals surface area contributed by atoms with Crippen molar-refractivity contribution < 1.29 is 19.0 Å². The Kier molecular flexibility index (Phi) is 6.67. The molecule has 1 heterocycles. The molecule has 0 saturated heterocycles. The molecule has 29 heavy (non-hydrogen) atoms. The van der Waals surface area contributed by atoms with Crippen LogP contribution >= 0.6 is 0 Å². The van der Waals surface area contributed by atoms with Crippen molar-refractivity contribution in [3.63, 3.8) is 0 Å². The van der Waals surface area contributed by atoms with Gasteiger partial charge in [-0.25, -0.2) is 14.8 Å². The SMILES string of the molecule is CCCCOC(=O)Nc1ccc(Nc2ncnc3cc(OC)c(OC)cc23)cc1. The van der Waals surface area contributed by atoms with Crippen LogP contribution in [-0.2, 0) is 4.74 Å². The summed E-state index contributed by atoms with van der Waals surface area (Å²) in [7, 11) is 3.17. The second-order valence-electron chi connectivity index (χ2n) is 6.26. The Hall–Kier alpha value is -3.55.